The van der Waals surface area contributed by atoms with Gasteiger partial charge < -0.3 is 15.4 Å². The van der Waals surface area contributed by atoms with E-state index < -0.39 is 0 Å². The molecule has 2 N–H and O–H groups in total. The molecule has 0 aliphatic heterocycles. The standard InChI is InChI=1S/C19H21N5O/c1-25-17-7-3-2-6-16(17)8-10-21-18-11-19(24-14-23-18)22-13-15-5-4-9-20-12-15/h2-7,9,11-12,14H,8,10,13H2,1H3,(H2,21,22,23,24). The highest BCUT2D eigenvalue weighted by molar-refractivity contribution is 5.47. The van der Waals surface area contributed by atoms with Crippen molar-refractivity contribution >= 4 is 11.6 Å². The van der Waals surface area contributed by atoms with Gasteiger partial charge in [-0.1, -0.05) is 24.3 Å². The second-order valence-electron chi connectivity index (χ2n) is 5.49. The van der Waals surface area contributed by atoms with Crippen molar-refractivity contribution in [2.75, 3.05) is 24.3 Å². The molecule has 0 saturated carbocycles. The quantitative estimate of drug-likeness (QED) is 0.659. The SMILES string of the molecule is COc1ccccc1CCNc1cc(NCc2cccnc2)ncn1. The number of aromatic nitrogens is 3. The van der Waals surface area contributed by atoms with Gasteiger partial charge in [0.05, 0.1) is 7.11 Å². The molecule has 3 rings (SSSR count). The maximum absolute atomic E-state index is 5.37. The van der Waals surface area contributed by atoms with Gasteiger partial charge >= 0.3 is 0 Å². The highest BCUT2D eigenvalue weighted by Gasteiger charge is 2.03. The van der Waals surface area contributed by atoms with E-state index in [2.05, 4.69) is 31.7 Å². The van der Waals surface area contributed by atoms with E-state index in [-0.39, 0.29) is 0 Å². The van der Waals surface area contributed by atoms with Gasteiger partial charge in [-0.25, -0.2) is 9.97 Å². The molecule has 0 fully saturated rings. The number of anilines is 2. The molecule has 0 unspecified atom stereocenters. The first-order valence-electron chi connectivity index (χ1n) is 8.16. The van der Waals surface area contributed by atoms with Crippen LogP contribution in [0.25, 0.3) is 0 Å². The molecule has 2 heterocycles. The molecule has 128 valence electrons. The minimum absolute atomic E-state index is 0.672. The van der Waals surface area contributed by atoms with E-state index in [0.29, 0.717) is 6.54 Å². The number of hydrogen-bond acceptors (Lipinski definition) is 6. The van der Waals surface area contributed by atoms with Crippen molar-refractivity contribution < 1.29 is 4.74 Å². The van der Waals surface area contributed by atoms with E-state index in [1.807, 2.05) is 42.6 Å². The summed E-state index contributed by atoms with van der Waals surface area (Å²) in [7, 11) is 1.69. The van der Waals surface area contributed by atoms with Crippen LogP contribution in [0.3, 0.4) is 0 Å². The third-order valence-electron chi connectivity index (χ3n) is 3.76. The lowest BCUT2D eigenvalue weighted by Crippen LogP contribution is -2.08. The van der Waals surface area contributed by atoms with Crippen LogP contribution < -0.4 is 15.4 Å². The van der Waals surface area contributed by atoms with Gasteiger partial charge in [0, 0.05) is 31.5 Å². The molecule has 0 saturated heterocycles. The van der Waals surface area contributed by atoms with E-state index in [0.717, 1.165) is 35.9 Å². The van der Waals surface area contributed by atoms with E-state index in [4.69, 9.17) is 4.74 Å². The van der Waals surface area contributed by atoms with Gasteiger partial charge in [-0.3, -0.25) is 4.98 Å². The molecule has 6 nitrogen and oxygen atoms in total. The number of nitrogens with zero attached hydrogens (tertiary/aromatic N) is 3. The largest absolute Gasteiger partial charge is 0.496 e. The second-order valence-corrected chi connectivity index (χ2v) is 5.49. The lowest BCUT2D eigenvalue weighted by molar-refractivity contribution is 0.410. The molecule has 0 radical (unpaired) electrons. The Morgan fingerprint density at radius 1 is 1.00 bits per heavy atom. The van der Waals surface area contributed by atoms with E-state index in [1.165, 1.54) is 5.56 Å². The van der Waals surface area contributed by atoms with Gasteiger partial charge in [0.25, 0.3) is 0 Å². The average Bonchev–Trinajstić information content (AvgIpc) is 2.68. The summed E-state index contributed by atoms with van der Waals surface area (Å²) >= 11 is 0. The molecule has 1 aromatic carbocycles. The Bertz CT molecular complexity index is 795. The summed E-state index contributed by atoms with van der Waals surface area (Å²) in [5.41, 5.74) is 2.27. The van der Waals surface area contributed by atoms with Gasteiger partial charge in [0.15, 0.2) is 0 Å². The Labute approximate surface area is 147 Å². The first-order valence-corrected chi connectivity index (χ1v) is 8.16. The van der Waals surface area contributed by atoms with Crippen LogP contribution in [-0.2, 0) is 13.0 Å². The average molecular weight is 335 g/mol. The first kappa shape index (κ1) is 16.7. The van der Waals surface area contributed by atoms with Gasteiger partial charge in [-0.05, 0) is 29.7 Å². The Morgan fingerprint density at radius 3 is 2.64 bits per heavy atom. The number of methoxy groups -OCH3 is 1. The summed E-state index contributed by atoms with van der Waals surface area (Å²) in [6.45, 7) is 1.44. The minimum atomic E-state index is 0.672. The fourth-order valence-electron chi connectivity index (χ4n) is 2.48. The second kappa shape index (κ2) is 8.63. The van der Waals surface area contributed by atoms with E-state index in [9.17, 15) is 0 Å². The Kier molecular flexibility index (Phi) is 5.77. The van der Waals surface area contributed by atoms with E-state index >= 15 is 0 Å². The highest BCUT2D eigenvalue weighted by atomic mass is 16.5. The predicted octanol–water partition coefficient (Wildman–Crippen LogP) is 3.15. The molecule has 0 spiro atoms. The van der Waals surface area contributed by atoms with Crippen molar-refractivity contribution in [3.8, 4) is 5.75 Å². The predicted molar refractivity (Wildman–Crippen MR) is 98.8 cm³/mol. The van der Waals surface area contributed by atoms with Crippen LogP contribution >= 0.6 is 0 Å². The molecule has 3 aromatic rings. The van der Waals surface area contributed by atoms with Crippen LogP contribution in [0.5, 0.6) is 5.75 Å². The zero-order chi connectivity index (χ0) is 17.3. The third kappa shape index (κ3) is 4.91. The number of benzene rings is 1. The number of nitrogens with one attached hydrogen (secondary N) is 2. The molecule has 0 atom stereocenters. The number of hydrogen-bond donors (Lipinski definition) is 2. The molecular weight excluding hydrogens is 314 g/mol. The summed E-state index contributed by atoms with van der Waals surface area (Å²) in [6.07, 6.45) is 6.00. The molecule has 25 heavy (non-hydrogen) atoms. The minimum Gasteiger partial charge on any atom is -0.496 e. The molecule has 2 aromatic heterocycles. The number of para-hydroxylation sites is 1. The van der Waals surface area contributed by atoms with Crippen LogP contribution in [0.4, 0.5) is 11.6 Å². The molecule has 6 heteroatoms. The molecule has 0 amide bonds. The number of ether oxygens (including phenoxy) is 1. The lowest BCUT2D eigenvalue weighted by atomic mass is 10.1. The fourth-order valence-corrected chi connectivity index (χ4v) is 2.48. The monoisotopic (exact) mass is 335 g/mol. The summed E-state index contributed by atoms with van der Waals surface area (Å²) < 4.78 is 5.37. The maximum atomic E-state index is 5.37. The molecule has 0 aliphatic rings. The zero-order valence-corrected chi connectivity index (χ0v) is 14.1. The van der Waals surface area contributed by atoms with Crippen LogP contribution in [0.2, 0.25) is 0 Å². The van der Waals surface area contributed by atoms with Gasteiger partial charge in [-0.2, -0.15) is 0 Å². The lowest BCUT2D eigenvalue weighted by Gasteiger charge is -2.10. The molecule has 0 aliphatic carbocycles. The van der Waals surface area contributed by atoms with Crippen molar-refractivity contribution in [3.05, 3.63) is 72.3 Å². The number of pyridine rings is 1. The van der Waals surface area contributed by atoms with Crippen LogP contribution in [0.1, 0.15) is 11.1 Å². The van der Waals surface area contributed by atoms with Crippen LogP contribution in [0.15, 0.2) is 61.2 Å². The summed E-state index contributed by atoms with van der Waals surface area (Å²) in [5, 5.41) is 6.60. The zero-order valence-electron chi connectivity index (χ0n) is 14.1. The highest BCUT2D eigenvalue weighted by Crippen LogP contribution is 2.18. The maximum Gasteiger partial charge on any atom is 0.131 e. The third-order valence-corrected chi connectivity index (χ3v) is 3.76. The Hall–Kier alpha value is -3.15. The summed E-state index contributed by atoms with van der Waals surface area (Å²) in [6, 6.07) is 13.9. The normalized spacial score (nSPS) is 10.3. The van der Waals surface area contributed by atoms with Crippen molar-refractivity contribution in [1.82, 2.24) is 15.0 Å². The fraction of sp³-hybridized carbons (Fsp3) is 0.211. The van der Waals surface area contributed by atoms with Crippen molar-refractivity contribution in [2.45, 2.75) is 13.0 Å². The van der Waals surface area contributed by atoms with Crippen LogP contribution in [0, 0.1) is 0 Å². The van der Waals surface area contributed by atoms with Crippen LogP contribution in [-0.4, -0.2) is 28.6 Å². The van der Waals surface area contributed by atoms with Crippen molar-refractivity contribution in [3.63, 3.8) is 0 Å². The first-order chi connectivity index (χ1) is 12.3. The van der Waals surface area contributed by atoms with Gasteiger partial charge in [-0.15, -0.1) is 0 Å². The summed E-state index contributed by atoms with van der Waals surface area (Å²) in [4.78, 5) is 12.6. The number of rotatable bonds is 8. The van der Waals surface area contributed by atoms with Crippen molar-refractivity contribution in [2.24, 2.45) is 0 Å². The van der Waals surface area contributed by atoms with Gasteiger partial charge in [0.2, 0.25) is 0 Å². The Morgan fingerprint density at radius 2 is 1.84 bits per heavy atom. The summed E-state index contributed by atoms with van der Waals surface area (Å²) in [5.74, 6) is 2.48. The molecule has 0 bridgehead atoms. The van der Waals surface area contributed by atoms with Gasteiger partial charge in [0.1, 0.15) is 23.7 Å². The van der Waals surface area contributed by atoms with Crippen molar-refractivity contribution in [1.29, 1.82) is 0 Å². The topological polar surface area (TPSA) is 72.0 Å². The Balaban J connectivity index is 1.53. The molecular formula is C19H21N5O. The van der Waals surface area contributed by atoms with E-state index in [1.54, 1.807) is 19.6 Å². The smallest absolute Gasteiger partial charge is 0.131 e.